The molecular weight excluding hydrogens is 444 g/mol. The number of aryl methyl sites for hydroxylation is 3. The average Bonchev–Trinajstić information content (AvgIpc) is 3.23. The van der Waals surface area contributed by atoms with Gasteiger partial charge in [0.25, 0.3) is 5.56 Å². The molecule has 0 aliphatic carbocycles. The molecule has 0 spiro atoms. The number of rotatable bonds is 10. The van der Waals surface area contributed by atoms with Crippen LogP contribution < -0.4 is 15.8 Å². The Balaban J connectivity index is 1.27. The van der Waals surface area contributed by atoms with Crippen LogP contribution in [0.1, 0.15) is 37.4 Å². The van der Waals surface area contributed by atoms with E-state index in [9.17, 15) is 9.59 Å². The summed E-state index contributed by atoms with van der Waals surface area (Å²) in [5, 5.41) is 9.25. The van der Waals surface area contributed by atoms with Crippen LogP contribution >= 0.6 is 11.3 Å². The van der Waals surface area contributed by atoms with Crippen LogP contribution in [0.4, 0.5) is 5.69 Å². The number of nitrogens with one attached hydrogen (secondary N) is 1. The molecular formula is C27H32N4O2S. The van der Waals surface area contributed by atoms with Crippen LogP contribution in [0.5, 0.6) is 0 Å². The molecule has 0 saturated heterocycles. The van der Waals surface area contributed by atoms with E-state index in [0.717, 1.165) is 45.4 Å². The van der Waals surface area contributed by atoms with Gasteiger partial charge in [0.2, 0.25) is 5.91 Å². The molecule has 0 atom stereocenters. The van der Waals surface area contributed by atoms with E-state index >= 15 is 0 Å². The van der Waals surface area contributed by atoms with Gasteiger partial charge in [-0.25, -0.2) is 4.68 Å². The summed E-state index contributed by atoms with van der Waals surface area (Å²) in [5.74, 6) is 0.0189. The van der Waals surface area contributed by atoms with Gasteiger partial charge in [-0.2, -0.15) is 5.10 Å². The first kappa shape index (κ1) is 24.0. The molecule has 0 fully saturated rings. The summed E-state index contributed by atoms with van der Waals surface area (Å²) >= 11 is 1.61. The van der Waals surface area contributed by atoms with Crippen LogP contribution in [-0.2, 0) is 11.3 Å². The van der Waals surface area contributed by atoms with E-state index in [1.54, 1.807) is 11.3 Å². The molecule has 0 unspecified atom stereocenters. The SMILES string of the molecule is CCN(CCCNC(=O)CCCn1nc(C)c2sc3ccccc3c2c1=O)c1cccc(C)c1. The third-order valence-electron chi connectivity index (χ3n) is 6.09. The van der Waals surface area contributed by atoms with Crippen molar-refractivity contribution < 1.29 is 4.79 Å². The van der Waals surface area contributed by atoms with Crippen LogP contribution in [0.15, 0.2) is 53.3 Å². The van der Waals surface area contributed by atoms with Gasteiger partial charge in [-0.1, -0.05) is 30.3 Å². The van der Waals surface area contributed by atoms with E-state index in [0.29, 0.717) is 25.9 Å². The lowest BCUT2D eigenvalue weighted by Crippen LogP contribution is -2.30. The molecule has 178 valence electrons. The lowest BCUT2D eigenvalue weighted by molar-refractivity contribution is -0.121. The first-order valence-electron chi connectivity index (χ1n) is 11.9. The molecule has 4 rings (SSSR count). The third-order valence-corrected chi connectivity index (χ3v) is 7.37. The zero-order valence-electron chi connectivity index (χ0n) is 20.1. The Labute approximate surface area is 204 Å². The minimum atomic E-state index is -0.0748. The second-order valence-corrected chi connectivity index (χ2v) is 9.69. The number of hydrogen-bond donors (Lipinski definition) is 1. The number of thiophene rings is 1. The molecule has 0 saturated carbocycles. The Morgan fingerprint density at radius 2 is 1.94 bits per heavy atom. The Morgan fingerprint density at radius 3 is 2.74 bits per heavy atom. The lowest BCUT2D eigenvalue weighted by atomic mass is 10.2. The Bertz CT molecular complexity index is 1360. The zero-order chi connectivity index (χ0) is 24.1. The molecule has 0 aliphatic heterocycles. The number of nitrogens with zero attached hydrogens (tertiary/aromatic N) is 3. The van der Waals surface area contributed by atoms with E-state index in [1.165, 1.54) is 15.9 Å². The van der Waals surface area contributed by atoms with Crippen LogP contribution in [0.3, 0.4) is 0 Å². The normalized spacial score (nSPS) is 11.3. The Kier molecular flexibility index (Phi) is 7.63. The maximum absolute atomic E-state index is 13.1. The summed E-state index contributed by atoms with van der Waals surface area (Å²) < 4.78 is 3.57. The molecule has 0 aliphatic rings. The number of aromatic nitrogens is 2. The van der Waals surface area contributed by atoms with Crippen molar-refractivity contribution >= 4 is 43.1 Å². The predicted molar refractivity (Wildman–Crippen MR) is 142 cm³/mol. The summed E-state index contributed by atoms with van der Waals surface area (Å²) in [6.45, 7) is 9.10. The van der Waals surface area contributed by atoms with E-state index in [-0.39, 0.29) is 11.5 Å². The van der Waals surface area contributed by atoms with E-state index in [1.807, 2.05) is 31.2 Å². The van der Waals surface area contributed by atoms with Crippen molar-refractivity contribution in [3.8, 4) is 0 Å². The van der Waals surface area contributed by atoms with Crippen molar-refractivity contribution in [2.24, 2.45) is 0 Å². The van der Waals surface area contributed by atoms with Gasteiger partial charge < -0.3 is 10.2 Å². The maximum atomic E-state index is 13.1. The van der Waals surface area contributed by atoms with Crippen molar-refractivity contribution in [1.82, 2.24) is 15.1 Å². The van der Waals surface area contributed by atoms with Gasteiger partial charge in [-0.15, -0.1) is 11.3 Å². The molecule has 1 N–H and O–H groups in total. The van der Waals surface area contributed by atoms with Crippen LogP contribution in [0.25, 0.3) is 20.2 Å². The standard InChI is InChI=1S/C27H32N4O2S/c1-4-30(21-11-7-10-19(2)18-21)16-9-15-28-24(32)14-8-17-31-27(33)25-22-12-5-6-13-23(22)34-26(25)20(3)29-31/h5-7,10-13,18H,4,8-9,14-17H2,1-3H3,(H,28,32). The Morgan fingerprint density at radius 1 is 1.12 bits per heavy atom. The van der Waals surface area contributed by atoms with Crippen LogP contribution in [0, 0.1) is 13.8 Å². The number of hydrogen-bond acceptors (Lipinski definition) is 5. The predicted octanol–water partition coefficient (Wildman–Crippen LogP) is 5.04. The first-order chi connectivity index (χ1) is 16.5. The number of anilines is 1. The summed E-state index contributed by atoms with van der Waals surface area (Å²) in [4.78, 5) is 27.7. The number of amides is 1. The summed E-state index contributed by atoms with van der Waals surface area (Å²) in [6, 6.07) is 16.5. The highest BCUT2D eigenvalue weighted by atomic mass is 32.1. The molecule has 2 aromatic heterocycles. The summed E-state index contributed by atoms with van der Waals surface area (Å²) in [6.07, 6.45) is 1.84. The fourth-order valence-corrected chi connectivity index (χ4v) is 5.47. The van der Waals surface area contributed by atoms with E-state index in [4.69, 9.17) is 0 Å². The molecule has 0 radical (unpaired) electrons. The van der Waals surface area contributed by atoms with Crippen molar-refractivity contribution in [1.29, 1.82) is 0 Å². The zero-order valence-corrected chi connectivity index (χ0v) is 21.0. The number of fused-ring (bicyclic) bond motifs is 3. The van der Waals surface area contributed by atoms with E-state index in [2.05, 4.69) is 53.4 Å². The molecule has 4 aromatic rings. The van der Waals surface area contributed by atoms with Gasteiger partial charge in [-0.3, -0.25) is 9.59 Å². The minimum absolute atomic E-state index is 0.0189. The fourth-order valence-electron chi connectivity index (χ4n) is 4.33. The number of benzene rings is 2. The quantitative estimate of drug-likeness (QED) is 0.326. The molecule has 1 amide bonds. The van der Waals surface area contributed by atoms with Gasteiger partial charge in [0, 0.05) is 48.4 Å². The third kappa shape index (κ3) is 5.30. The van der Waals surface area contributed by atoms with Gasteiger partial charge in [0.1, 0.15) is 0 Å². The maximum Gasteiger partial charge on any atom is 0.276 e. The van der Waals surface area contributed by atoms with Crippen molar-refractivity contribution in [2.45, 2.75) is 46.6 Å². The topological polar surface area (TPSA) is 67.2 Å². The van der Waals surface area contributed by atoms with Gasteiger partial charge >= 0.3 is 0 Å². The highest BCUT2D eigenvalue weighted by Gasteiger charge is 2.14. The van der Waals surface area contributed by atoms with Crippen molar-refractivity contribution in [3.63, 3.8) is 0 Å². The monoisotopic (exact) mass is 476 g/mol. The lowest BCUT2D eigenvalue weighted by Gasteiger charge is -2.23. The van der Waals surface area contributed by atoms with Gasteiger partial charge in [-0.05, 0) is 57.4 Å². The first-order valence-corrected chi connectivity index (χ1v) is 12.8. The van der Waals surface area contributed by atoms with Crippen LogP contribution in [-0.4, -0.2) is 35.3 Å². The number of carbonyl (C=O) groups excluding carboxylic acids is 1. The van der Waals surface area contributed by atoms with Crippen molar-refractivity contribution in [2.75, 3.05) is 24.5 Å². The summed E-state index contributed by atoms with van der Waals surface area (Å²) in [5.41, 5.74) is 3.25. The largest absolute Gasteiger partial charge is 0.372 e. The molecule has 0 bridgehead atoms. The fraction of sp³-hybridized carbons (Fsp3) is 0.370. The van der Waals surface area contributed by atoms with E-state index < -0.39 is 0 Å². The van der Waals surface area contributed by atoms with Crippen molar-refractivity contribution in [3.05, 3.63) is 70.1 Å². The highest BCUT2D eigenvalue weighted by molar-refractivity contribution is 7.26. The molecule has 6 nitrogen and oxygen atoms in total. The smallest absolute Gasteiger partial charge is 0.276 e. The molecule has 2 heterocycles. The van der Waals surface area contributed by atoms with Gasteiger partial charge in [0.15, 0.2) is 0 Å². The second kappa shape index (κ2) is 10.8. The molecule has 2 aromatic carbocycles. The molecule has 34 heavy (non-hydrogen) atoms. The average molecular weight is 477 g/mol. The van der Waals surface area contributed by atoms with Crippen LogP contribution in [0.2, 0.25) is 0 Å². The van der Waals surface area contributed by atoms with Gasteiger partial charge in [0.05, 0.1) is 15.8 Å². The minimum Gasteiger partial charge on any atom is -0.372 e. The molecule has 7 heteroatoms. The summed E-state index contributed by atoms with van der Waals surface area (Å²) in [7, 11) is 0. The highest BCUT2D eigenvalue weighted by Crippen LogP contribution is 2.32. The Hall–Kier alpha value is -3.19. The second-order valence-electron chi connectivity index (χ2n) is 8.64. The number of carbonyl (C=O) groups is 1.